The average molecular weight is 253 g/mol. The number of rotatable bonds is 2. The quantitative estimate of drug-likeness (QED) is 0.890. The van der Waals surface area contributed by atoms with Crippen LogP contribution < -0.4 is 5.43 Å². The second kappa shape index (κ2) is 4.21. The van der Waals surface area contributed by atoms with Crippen molar-refractivity contribution in [3.8, 4) is 0 Å². The predicted octanol–water partition coefficient (Wildman–Crippen LogP) is 2.00. The summed E-state index contributed by atoms with van der Waals surface area (Å²) in [5.74, 6) is -3.05. The van der Waals surface area contributed by atoms with Gasteiger partial charge in [-0.05, 0) is 19.1 Å². The summed E-state index contributed by atoms with van der Waals surface area (Å²) in [5.41, 5.74) is -1.52. The number of hydrogen-bond acceptors (Lipinski definition) is 2. The summed E-state index contributed by atoms with van der Waals surface area (Å²) in [6.45, 7) is 1.69. The number of benzene rings is 1. The lowest BCUT2D eigenvalue weighted by Crippen LogP contribution is -2.19. The van der Waals surface area contributed by atoms with Gasteiger partial charge in [-0.1, -0.05) is 0 Å². The summed E-state index contributed by atoms with van der Waals surface area (Å²) in [5, 5.41) is 8.54. The predicted molar refractivity (Wildman–Crippen MR) is 60.8 cm³/mol. The highest BCUT2D eigenvalue weighted by Crippen LogP contribution is 2.20. The lowest BCUT2D eigenvalue weighted by molar-refractivity contribution is 0.0685. The third-order valence-corrected chi connectivity index (χ3v) is 2.69. The fourth-order valence-corrected chi connectivity index (χ4v) is 1.94. The maximum Gasteiger partial charge on any atom is 0.352 e. The van der Waals surface area contributed by atoms with Gasteiger partial charge < -0.3 is 9.67 Å². The lowest BCUT2D eigenvalue weighted by atomic mass is 10.1. The van der Waals surface area contributed by atoms with E-state index in [2.05, 4.69) is 0 Å². The zero-order valence-corrected chi connectivity index (χ0v) is 9.41. The van der Waals surface area contributed by atoms with Crippen LogP contribution in [0.25, 0.3) is 10.9 Å². The van der Waals surface area contributed by atoms with Crippen LogP contribution in [0.1, 0.15) is 17.4 Å². The lowest BCUT2D eigenvalue weighted by Gasteiger charge is -2.13. The van der Waals surface area contributed by atoms with Crippen LogP contribution in [0.3, 0.4) is 0 Å². The second-order valence-electron chi connectivity index (χ2n) is 3.70. The molecule has 0 atom stereocenters. The van der Waals surface area contributed by atoms with Gasteiger partial charge in [0.2, 0.25) is 0 Å². The molecule has 0 fully saturated rings. The molecule has 2 rings (SSSR count). The van der Waals surface area contributed by atoms with Crippen molar-refractivity contribution >= 4 is 16.9 Å². The molecule has 0 bridgehead atoms. The van der Waals surface area contributed by atoms with Crippen molar-refractivity contribution in [2.24, 2.45) is 0 Å². The van der Waals surface area contributed by atoms with Gasteiger partial charge in [-0.2, -0.15) is 0 Å². The monoisotopic (exact) mass is 253 g/mol. The number of carbonyl (C=O) groups is 1. The topological polar surface area (TPSA) is 59.3 Å². The molecule has 0 aliphatic rings. The van der Waals surface area contributed by atoms with Crippen molar-refractivity contribution in [2.45, 2.75) is 13.5 Å². The van der Waals surface area contributed by atoms with Gasteiger partial charge in [-0.25, -0.2) is 13.6 Å². The summed E-state index contributed by atoms with van der Waals surface area (Å²) in [6, 6.07) is 2.52. The number of pyridine rings is 1. The van der Waals surface area contributed by atoms with E-state index in [9.17, 15) is 18.4 Å². The first kappa shape index (κ1) is 12.2. The number of carboxylic acids is 1. The Hall–Kier alpha value is -2.24. The van der Waals surface area contributed by atoms with Crippen LogP contribution in [0.4, 0.5) is 8.78 Å². The number of carboxylic acid groups (broad SMARTS) is 1. The molecular formula is C12H9F2NO3. The summed E-state index contributed by atoms with van der Waals surface area (Å²) >= 11 is 0. The minimum Gasteiger partial charge on any atom is -0.477 e. The van der Waals surface area contributed by atoms with Gasteiger partial charge in [-0.15, -0.1) is 0 Å². The van der Waals surface area contributed by atoms with Crippen molar-refractivity contribution in [3.63, 3.8) is 0 Å². The maximum atomic E-state index is 13.7. The number of hydrogen-bond donors (Lipinski definition) is 1. The third-order valence-electron chi connectivity index (χ3n) is 2.69. The first-order chi connectivity index (χ1) is 8.47. The molecule has 94 valence electrons. The van der Waals surface area contributed by atoms with Crippen molar-refractivity contribution in [1.29, 1.82) is 0 Å². The molecule has 0 aliphatic carbocycles. The van der Waals surface area contributed by atoms with Crippen LogP contribution in [0, 0.1) is 11.6 Å². The maximum absolute atomic E-state index is 13.7. The van der Waals surface area contributed by atoms with E-state index in [-0.39, 0.29) is 17.8 Å². The van der Waals surface area contributed by atoms with Crippen LogP contribution in [-0.4, -0.2) is 15.6 Å². The van der Waals surface area contributed by atoms with E-state index in [1.165, 1.54) is 0 Å². The van der Waals surface area contributed by atoms with E-state index in [4.69, 9.17) is 5.11 Å². The highest BCUT2D eigenvalue weighted by atomic mass is 19.1. The van der Waals surface area contributed by atoms with Gasteiger partial charge in [-0.3, -0.25) is 4.79 Å². The van der Waals surface area contributed by atoms with E-state index in [0.717, 1.165) is 22.8 Å². The molecule has 1 heterocycles. The van der Waals surface area contributed by atoms with Crippen molar-refractivity contribution in [1.82, 2.24) is 4.57 Å². The summed E-state index contributed by atoms with van der Waals surface area (Å²) in [4.78, 5) is 22.7. The van der Waals surface area contributed by atoms with Crippen molar-refractivity contribution in [3.05, 3.63) is 45.8 Å². The van der Waals surface area contributed by atoms with Crippen molar-refractivity contribution in [2.75, 3.05) is 0 Å². The van der Waals surface area contributed by atoms with Crippen molar-refractivity contribution < 1.29 is 18.7 Å². The molecule has 4 nitrogen and oxygen atoms in total. The molecule has 1 aromatic heterocycles. The largest absolute Gasteiger partial charge is 0.477 e. The van der Waals surface area contributed by atoms with E-state index in [1.54, 1.807) is 6.92 Å². The Morgan fingerprint density at radius 1 is 1.33 bits per heavy atom. The van der Waals surface area contributed by atoms with Gasteiger partial charge >= 0.3 is 5.97 Å². The van der Waals surface area contributed by atoms with E-state index < -0.39 is 28.4 Å². The first-order valence-corrected chi connectivity index (χ1v) is 5.22. The molecular weight excluding hydrogens is 244 g/mol. The van der Waals surface area contributed by atoms with E-state index in [0.29, 0.717) is 0 Å². The van der Waals surface area contributed by atoms with E-state index in [1.807, 2.05) is 0 Å². The SMILES string of the molecule is CCn1c(C(=O)O)cc(=O)c2c(F)ccc(F)c21. The van der Waals surface area contributed by atoms with Crippen LogP contribution >= 0.6 is 0 Å². The highest BCUT2D eigenvalue weighted by Gasteiger charge is 2.18. The molecule has 0 saturated carbocycles. The van der Waals surface area contributed by atoms with Crippen LogP contribution in [-0.2, 0) is 6.54 Å². The molecule has 0 saturated heterocycles. The Morgan fingerprint density at radius 3 is 2.50 bits per heavy atom. The molecule has 0 spiro atoms. The smallest absolute Gasteiger partial charge is 0.352 e. The fraction of sp³-hybridized carbons (Fsp3) is 0.167. The molecule has 6 heteroatoms. The Labute approximate surface area is 100 Å². The normalized spacial score (nSPS) is 10.8. The highest BCUT2D eigenvalue weighted by molar-refractivity contribution is 5.90. The minimum atomic E-state index is -1.36. The number of fused-ring (bicyclic) bond motifs is 1. The molecule has 0 amide bonds. The Kier molecular flexibility index (Phi) is 2.86. The van der Waals surface area contributed by atoms with E-state index >= 15 is 0 Å². The number of halogens is 2. The molecule has 0 radical (unpaired) electrons. The first-order valence-electron chi connectivity index (χ1n) is 5.22. The van der Waals surface area contributed by atoms with Gasteiger partial charge in [0, 0.05) is 12.6 Å². The summed E-state index contributed by atoms with van der Waals surface area (Å²) in [7, 11) is 0. The second-order valence-corrected chi connectivity index (χ2v) is 3.70. The molecule has 0 aliphatic heterocycles. The van der Waals surface area contributed by atoms with Crippen LogP contribution in [0.15, 0.2) is 23.0 Å². The van der Waals surface area contributed by atoms with Crippen LogP contribution in [0.2, 0.25) is 0 Å². The Balaban J connectivity index is 3.10. The van der Waals surface area contributed by atoms with Gasteiger partial charge in [0.05, 0.1) is 10.9 Å². The zero-order chi connectivity index (χ0) is 13.4. The molecule has 1 aromatic carbocycles. The Morgan fingerprint density at radius 2 is 1.94 bits per heavy atom. The fourth-order valence-electron chi connectivity index (χ4n) is 1.94. The Bertz CT molecular complexity index is 707. The number of aromatic carboxylic acids is 1. The summed E-state index contributed by atoms with van der Waals surface area (Å²) in [6.07, 6.45) is 0. The average Bonchev–Trinajstić information content (AvgIpc) is 2.32. The number of aromatic nitrogens is 1. The summed E-state index contributed by atoms with van der Waals surface area (Å²) < 4.78 is 28.3. The molecule has 2 aromatic rings. The standard InChI is InChI=1S/C12H9F2NO3/c1-2-15-8(12(17)18)5-9(16)10-6(13)3-4-7(14)11(10)15/h3-5H,2H2,1H3,(H,17,18). The number of aryl methyl sites for hydroxylation is 1. The molecule has 1 N–H and O–H groups in total. The third kappa shape index (κ3) is 1.66. The van der Waals surface area contributed by atoms with Gasteiger partial charge in [0.25, 0.3) is 0 Å². The minimum absolute atomic E-state index is 0.110. The zero-order valence-electron chi connectivity index (χ0n) is 9.41. The van der Waals surface area contributed by atoms with Gasteiger partial charge in [0.15, 0.2) is 5.43 Å². The molecule has 0 unspecified atom stereocenters. The number of nitrogens with zero attached hydrogens (tertiary/aromatic N) is 1. The van der Waals surface area contributed by atoms with Gasteiger partial charge in [0.1, 0.15) is 17.3 Å². The molecule has 18 heavy (non-hydrogen) atoms. The van der Waals surface area contributed by atoms with Crippen LogP contribution in [0.5, 0.6) is 0 Å².